The van der Waals surface area contributed by atoms with Crippen LogP contribution in [0, 0.1) is 13.8 Å². The molecular formula is C14H25N5. The lowest BCUT2D eigenvalue weighted by molar-refractivity contribution is 0.729. The summed E-state index contributed by atoms with van der Waals surface area (Å²) in [4.78, 5) is 4.55. The van der Waals surface area contributed by atoms with Crippen molar-refractivity contribution in [2.75, 3.05) is 19.6 Å². The summed E-state index contributed by atoms with van der Waals surface area (Å²) in [6.45, 7) is 12.2. The summed E-state index contributed by atoms with van der Waals surface area (Å²) >= 11 is 0. The Morgan fingerprint density at radius 3 is 2.68 bits per heavy atom. The third-order valence-corrected chi connectivity index (χ3v) is 3.05. The highest BCUT2D eigenvalue weighted by Crippen LogP contribution is 2.12. The molecule has 0 amide bonds. The molecule has 0 radical (unpaired) electrons. The van der Waals surface area contributed by atoms with Crippen molar-refractivity contribution in [2.45, 2.75) is 27.2 Å². The van der Waals surface area contributed by atoms with Crippen LogP contribution >= 0.6 is 0 Å². The topological polar surface area (TPSA) is 54.2 Å². The van der Waals surface area contributed by atoms with Crippen molar-refractivity contribution >= 4 is 5.96 Å². The third-order valence-electron chi connectivity index (χ3n) is 3.05. The van der Waals surface area contributed by atoms with Crippen molar-refractivity contribution in [1.82, 2.24) is 20.4 Å². The Kier molecular flexibility index (Phi) is 6.12. The lowest BCUT2D eigenvalue weighted by Gasteiger charge is -2.09. The van der Waals surface area contributed by atoms with Crippen LogP contribution in [0.3, 0.4) is 0 Å². The minimum absolute atomic E-state index is 0.719. The molecule has 0 saturated carbocycles. The van der Waals surface area contributed by atoms with Crippen LogP contribution in [0.2, 0.25) is 0 Å². The molecule has 19 heavy (non-hydrogen) atoms. The van der Waals surface area contributed by atoms with Gasteiger partial charge in [0.2, 0.25) is 0 Å². The fraction of sp³-hybridized carbons (Fsp3) is 0.571. The lowest BCUT2D eigenvalue weighted by atomic mass is 10.1. The van der Waals surface area contributed by atoms with Gasteiger partial charge in [-0.2, -0.15) is 5.10 Å². The first-order valence-electron chi connectivity index (χ1n) is 6.72. The fourth-order valence-electron chi connectivity index (χ4n) is 1.97. The smallest absolute Gasteiger partial charge is 0.191 e. The second-order valence-electron chi connectivity index (χ2n) is 4.45. The number of nitrogens with one attached hydrogen (secondary N) is 2. The summed E-state index contributed by atoms with van der Waals surface area (Å²) in [5.41, 5.74) is 3.61. The second-order valence-corrected chi connectivity index (χ2v) is 4.45. The number of aryl methyl sites for hydroxylation is 2. The number of aliphatic imine (C=N–C) groups is 1. The number of rotatable bonds is 6. The Hall–Kier alpha value is -1.78. The van der Waals surface area contributed by atoms with E-state index in [1.165, 1.54) is 11.3 Å². The quantitative estimate of drug-likeness (QED) is 0.462. The average molecular weight is 263 g/mol. The van der Waals surface area contributed by atoms with Crippen LogP contribution in [0.5, 0.6) is 0 Å². The predicted molar refractivity (Wildman–Crippen MR) is 80.6 cm³/mol. The van der Waals surface area contributed by atoms with Crippen molar-refractivity contribution in [3.05, 3.63) is 29.6 Å². The largest absolute Gasteiger partial charge is 0.357 e. The molecule has 0 unspecified atom stereocenters. The maximum atomic E-state index is 4.55. The van der Waals surface area contributed by atoms with Gasteiger partial charge in [-0.15, -0.1) is 6.58 Å². The van der Waals surface area contributed by atoms with Gasteiger partial charge >= 0.3 is 0 Å². The van der Waals surface area contributed by atoms with Gasteiger partial charge < -0.3 is 10.6 Å². The van der Waals surface area contributed by atoms with E-state index in [-0.39, 0.29) is 0 Å². The van der Waals surface area contributed by atoms with Gasteiger partial charge in [0, 0.05) is 32.4 Å². The van der Waals surface area contributed by atoms with Gasteiger partial charge in [-0.05, 0) is 32.8 Å². The zero-order valence-corrected chi connectivity index (χ0v) is 12.5. The minimum atomic E-state index is 0.719. The van der Waals surface area contributed by atoms with E-state index in [0.29, 0.717) is 0 Å². The van der Waals surface area contributed by atoms with Crippen LogP contribution in [-0.4, -0.2) is 35.4 Å². The Morgan fingerprint density at radius 2 is 2.16 bits per heavy atom. The first-order chi connectivity index (χ1) is 9.10. The van der Waals surface area contributed by atoms with Crippen molar-refractivity contribution in [1.29, 1.82) is 0 Å². The molecule has 1 rings (SSSR count). The molecule has 0 bridgehead atoms. The molecule has 0 atom stereocenters. The fourth-order valence-corrected chi connectivity index (χ4v) is 1.97. The van der Waals surface area contributed by atoms with E-state index in [1.54, 1.807) is 0 Å². The summed E-state index contributed by atoms with van der Waals surface area (Å²) in [6.07, 6.45) is 2.73. The lowest BCUT2D eigenvalue weighted by Crippen LogP contribution is -2.37. The van der Waals surface area contributed by atoms with Crippen LogP contribution < -0.4 is 10.6 Å². The van der Waals surface area contributed by atoms with Gasteiger partial charge in [0.1, 0.15) is 0 Å². The first-order valence-corrected chi connectivity index (χ1v) is 6.72. The van der Waals surface area contributed by atoms with Gasteiger partial charge in [-0.1, -0.05) is 6.08 Å². The molecule has 106 valence electrons. The normalized spacial score (nSPS) is 11.5. The van der Waals surface area contributed by atoms with Crippen LogP contribution in [0.4, 0.5) is 0 Å². The molecule has 2 N–H and O–H groups in total. The van der Waals surface area contributed by atoms with Crippen LogP contribution in [0.15, 0.2) is 17.6 Å². The number of guanidine groups is 1. The maximum Gasteiger partial charge on any atom is 0.191 e. The molecule has 0 fully saturated rings. The summed E-state index contributed by atoms with van der Waals surface area (Å²) < 4.78 is 1.93. The second kappa shape index (κ2) is 7.61. The number of nitrogens with zero attached hydrogens (tertiary/aromatic N) is 3. The van der Waals surface area contributed by atoms with E-state index in [0.717, 1.165) is 37.7 Å². The molecule has 5 nitrogen and oxygen atoms in total. The maximum absolute atomic E-state index is 4.55. The van der Waals surface area contributed by atoms with E-state index in [1.807, 2.05) is 24.7 Å². The molecule has 0 aliphatic heterocycles. The number of aromatic nitrogens is 2. The average Bonchev–Trinajstić information content (AvgIpc) is 2.62. The van der Waals surface area contributed by atoms with Crippen LogP contribution in [0.1, 0.15) is 23.9 Å². The molecule has 1 aromatic heterocycles. The third kappa shape index (κ3) is 4.43. The predicted octanol–water partition coefficient (Wildman–Crippen LogP) is 1.32. The molecule has 5 heteroatoms. The van der Waals surface area contributed by atoms with Crippen molar-refractivity contribution in [2.24, 2.45) is 12.0 Å². The van der Waals surface area contributed by atoms with Crippen molar-refractivity contribution in [3.63, 3.8) is 0 Å². The summed E-state index contributed by atoms with van der Waals surface area (Å²) in [6, 6.07) is 0. The van der Waals surface area contributed by atoms with Crippen LogP contribution in [0.25, 0.3) is 0 Å². The molecule has 1 aromatic rings. The monoisotopic (exact) mass is 263 g/mol. The van der Waals surface area contributed by atoms with E-state index >= 15 is 0 Å². The molecular weight excluding hydrogens is 238 g/mol. The summed E-state index contributed by atoms with van der Waals surface area (Å²) in [5, 5.41) is 10.8. The SMILES string of the molecule is C=CCNC(=NCCc1c(C)nn(C)c1C)NCC. The Labute approximate surface area is 115 Å². The molecule has 0 aliphatic carbocycles. The molecule has 1 heterocycles. The Bertz CT molecular complexity index is 445. The number of hydrogen-bond donors (Lipinski definition) is 2. The van der Waals surface area contributed by atoms with E-state index in [9.17, 15) is 0 Å². The minimum Gasteiger partial charge on any atom is -0.357 e. The Morgan fingerprint density at radius 1 is 1.42 bits per heavy atom. The highest BCUT2D eigenvalue weighted by molar-refractivity contribution is 5.79. The molecule has 0 spiro atoms. The zero-order valence-electron chi connectivity index (χ0n) is 12.5. The van der Waals surface area contributed by atoms with Gasteiger partial charge in [-0.3, -0.25) is 9.67 Å². The van der Waals surface area contributed by atoms with E-state index in [2.05, 4.69) is 41.2 Å². The first kappa shape index (κ1) is 15.3. The van der Waals surface area contributed by atoms with Gasteiger partial charge in [0.15, 0.2) is 5.96 Å². The van der Waals surface area contributed by atoms with Crippen molar-refractivity contribution in [3.8, 4) is 0 Å². The molecule has 0 aromatic carbocycles. The highest BCUT2D eigenvalue weighted by Gasteiger charge is 2.08. The molecule has 0 saturated heterocycles. The van der Waals surface area contributed by atoms with E-state index in [4.69, 9.17) is 0 Å². The summed E-state index contributed by atoms with van der Waals surface area (Å²) in [7, 11) is 1.98. The Balaban J connectivity index is 2.60. The number of hydrogen-bond acceptors (Lipinski definition) is 2. The zero-order chi connectivity index (χ0) is 14.3. The van der Waals surface area contributed by atoms with Gasteiger partial charge in [0.25, 0.3) is 0 Å². The summed E-state index contributed by atoms with van der Waals surface area (Å²) in [5.74, 6) is 0.835. The van der Waals surface area contributed by atoms with Crippen LogP contribution in [-0.2, 0) is 13.5 Å². The van der Waals surface area contributed by atoms with Crippen molar-refractivity contribution < 1.29 is 0 Å². The standard InChI is InChI=1S/C14H25N5/c1-6-9-16-14(15-7-2)17-10-8-13-11(3)18-19(5)12(13)4/h6H,1,7-10H2,2-5H3,(H2,15,16,17). The molecule has 0 aliphatic rings. The van der Waals surface area contributed by atoms with E-state index < -0.39 is 0 Å². The van der Waals surface area contributed by atoms with Gasteiger partial charge in [0.05, 0.1) is 5.69 Å². The van der Waals surface area contributed by atoms with Gasteiger partial charge in [-0.25, -0.2) is 0 Å². The highest BCUT2D eigenvalue weighted by atomic mass is 15.3.